The molecule has 0 unspecified atom stereocenters. The Morgan fingerprint density at radius 3 is 1.65 bits per heavy atom. The summed E-state index contributed by atoms with van der Waals surface area (Å²) in [6.45, 7) is 2.12. The Kier molecular flexibility index (Phi) is 6.84. The van der Waals surface area contributed by atoms with Gasteiger partial charge in [0.1, 0.15) is 36.1 Å². The number of hydrogen-bond acceptors (Lipinski definition) is 6. The first-order chi connectivity index (χ1) is 9.36. The highest BCUT2D eigenvalue weighted by atomic mass is 16.4. The lowest BCUT2D eigenvalue weighted by atomic mass is 9.72. The number of hydrogen-bond donors (Lipinski definition) is 6. The SMILES string of the molecule is CCCCCCCC[C@@]1(O)[C@H](O)[C@@H](O)[C@H](O)[C@@H](O)[C@@H]1O. The molecular weight excluding hydrogens is 264 g/mol. The number of rotatable bonds is 7. The van der Waals surface area contributed by atoms with Crippen molar-refractivity contribution in [2.75, 3.05) is 0 Å². The van der Waals surface area contributed by atoms with Gasteiger partial charge < -0.3 is 30.6 Å². The largest absolute Gasteiger partial charge is 0.387 e. The molecule has 6 atom stereocenters. The van der Waals surface area contributed by atoms with E-state index in [9.17, 15) is 30.6 Å². The second-order valence-corrected chi connectivity index (χ2v) is 5.87. The molecule has 0 saturated heterocycles. The molecule has 6 nitrogen and oxygen atoms in total. The van der Waals surface area contributed by atoms with Gasteiger partial charge in [0.15, 0.2) is 0 Å². The van der Waals surface area contributed by atoms with Gasteiger partial charge >= 0.3 is 0 Å². The van der Waals surface area contributed by atoms with Gasteiger partial charge in [0.05, 0.1) is 0 Å². The molecule has 0 bridgehead atoms. The maximum absolute atomic E-state index is 10.3. The Bertz CT molecular complexity index is 269. The van der Waals surface area contributed by atoms with Crippen LogP contribution in [-0.2, 0) is 0 Å². The van der Waals surface area contributed by atoms with Gasteiger partial charge in [0.2, 0.25) is 0 Å². The predicted molar refractivity (Wildman–Crippen MR) is 73.0 cm³/mol. The van der Waals surface area contributed by atoms with E-state index in [-0.39, 0.29) is 6.42 Å². The van der Waals surface area contributed by atoms with Crippen molar-refractivity contribution in [2.45, 2.75) is 88.0 Å². The highest BCUT2D eigenvalue weighted by molar-refractivity contribution is 5.08. The third-order valence-corrected chi connectivity index (χ3v) is 4.30. The summed E-state index contributed by atoms with van der Waals surface area (Å²) in [5, 5.41) is 58.7. The Morgan fingerprint density at radius 1 is 0.700 bits per heavy atom. The average molecular weight is 292 g/mol. The smallest absolute Gasteiger partial charge is 0.121 e. The maximum atomic E-state index is 10.3. The normalized spacial score (nSPS) is 41.9. The summed E-state index contributed by atoms with van der Waals surface area (Å²) >= 11 is 0. The molecule has 0 aromatic rings. The number of aliphatic hydroxyl groups excluding tert-OH is 5. The first-order valence-corrected chi connectivity index (χ1v) is 7.49. The van der Waals surface area contributed by atoms with Gasteiger partial charge in [-0.1, -0.05) is 45.4 Å². The van der Waals surface area contributed by atoms with Crippen LogP contribution in [0.15, 0.2) is 0 Å². The lowest BCUT2D eigenvalue weighted by molar-refractivity contribution is -0.270. The lowest BCUT2D eigenvalue weighted by Crippen LogP contribution is -2.70. The van der Waals surface area contributed by atoms with E-state index in [1.165, 1.54) is 0 Å². The summed E-state index contributed by atoms with van der Waals surface area (Å²) < 4.78 is 0. The summed E-state index contributed by atoms with van der Waals surface area (Å²) in [7, 11) is 0. The van der Waals surface area contributed by atoms with E-state index in [2.05, 4.69) is 6.92 Å². The average Bonchev–Trinajstić information content (AvgIpc) is 2.45. The van der Waals surface area contributed by atoms with E-state index in [1.807, 2.05) is 0 Å². The number of aliphatic hydroxyl groups is 6. The topological polar surface area (TPSA) is 121 Å². The molecule has 20 heavy (non-hydrogen) atoms. The zero-order chi connectivity index (χ0) is 15.3. The minimum Gasteiger partial charge on any atom is -0.387 e. The van der Waals surface area contributed by atoms with E-state index in [0.717, 1.165) is 32.1 Å². The third-order valence-electron chi connectivity index (χ3n) is 4.30. The van der Waals surface area contributed by atoms with Crippen molar-refractivity contribution in [2.24, 2.45) is 0 Å². The quantitative estimate of drug-likeness (QED) is 0.345. The molecule has 0 amide bonds. The van der Waals surface area contributed by atoms with Crippen LogP contribution in [0.5, 0.6) is 0 Å². The van der Waals surface area contributed by atoms with Crippen molar-refractivity contribution < 1.29 is 30.6 Å². The molecular formula is C14H28O6. The van der Waals surface area contributed by atoms with E-state index < -0.39 is 36.1 Å². The molecule has 0 heterocycles. The van der Waals surface area contributed by atoms with E-state index in [0.29, 0.717) is 6.42 Å². The molecule has 0 aromatic heterocycles. The minimum absolute atomic E-state index is 0.0717. The molecule has 6 N–H and O–H groups in total. The highest BCUT2D eigenvalue weighted by Crippen LogP contribution is 2.34. The zero-order valence-electron chi connectivity index (χ0n) is 12.0. The zero-order valence-corrected chi connectivity index (χ0v) is 12.0. The van der Waals surface area contributed by atoms with Crippen molar-refractivity contribution in [3.8, 4) is 0 Å². The molecule has 1 aliphatic rings. The fourth-order valence-corrected chi connectivity index (χ4v) is 2.83. The molecule has 1 saturated carbocycles. The van der Waals surface area contributed by atoms with Crippen LogP contribution < -0.4 is 0 Å². The second kappa shape index (κ2) is 7.68. The molecule has 0 aromatic carbocycles. The fraction of sp³-hybridized carbons (Fsp3) is 1.00. The van der Waals surface area contributed by atoms with E-state index in [1.54, 1.807) is 0 Å². The predicted octanol–water partition coefficient (Wildman–Crippen LogP) is -0.714. The van der Waals surface area contributed by atoms with Crippen LogP contribution in [0.3, 0.4) is 0 Å². The standard InChI is InChI=1S/C14H28O6/c1-2-3-4-5-6-7-8-14(20)12(18)10(16)9(15)11(17)13(14)19/h9-13,15-20H,2-8H2,1H3/t9-,10-,11+,12+,13-,14+. The van der Waals surface area contributed by atoms with Gasteiger partial charge in [-0.3, -0.25) is 0 Å². The summed E-state index contributed by atoms with van der Waals surface area (Å²) in [6, 6.07) is 0. The monoisotopic (exact) mass is 292 g/mol. The summed E-state index contributed by atoms with van der Waals surface area (Å²) in [5.74, 6) is 0. The van der Waals surface area contributed by atoms with E-state index in [4.69, 9.17) is 0 Å². The van der Waals surface area contributed by atoms with Crippen LogP contribution in [0.4, 0.5) is 0 Å². The van der Waals surface area contributed by atoms with Gasteiger partial charge in [-0.25, -0.2) is 0 Å². The summed E-state index contributed by atoms with van der Waals surface area (Å²) in [6.07, 6.45) is -2.47. The summed E-state index contributed by atoms with van der Waals surface area (Å²) in [5.41, 5.74) is -1.98. The molecule has 120 valence electrons. The maximum Gasteiger partial charge on any atom is 0.121 e. The van der Waals surface area contributed by atoms with Crippen LogP contribution in [-0.4, -0.2) is 66.8 Å². The number of unbranched alkanes of at least 4 members (excludes halogenated alkanes) is 5. The molecule has 1 rings (SSSR count). The van der Waals surface area contributed by atoms with Crippen molar-refractivity contribution in [1.82, 2.24) is 0 Å². The van der Waals surface area contributed by atoms with Gasteiger partial charge in [-0.05, 0) is 6.42 Å². The van der Waals surface area contributed by atoms with Gasteiger partial charge in [0.25, 0.3) is 0 Å². The molecule has 6 heteroatoms. The Morgan fingerprint density at radius 2 is 1.15 bits per heavy atom. The van der Waals surface area contributed by atoms with Crippen molar-refractivity contribution >= 4 is 0 Å². The van der Waals surface area contributed by atoms with Crippen LogP contribution in [0.25, 0.3) is 0 Å². The first kappa shape index (κ1) is 17.8. The highest BCUT2D eigenvalue weighted by Gasteiger charge is 2.56. The molecule has 1 aliphatic carbocycles. The minimum atomic E-state index is -1.98. The lowest BCUT2D eigenvalue weighted by Gasteiger charge is -2.47. The van der Waals surface area contributed by atoms with Crippen molar-refractivity contribution in [3.05, 3.63) is 0 Å². The molecule has 0 radical (unpaired) electrons. The molecule has 0 aliphatic heterocycles. The molecule has 0 spiro atoms. The van der Waals surface area contributed by atoms with Crippen LogP contribution in [0, 0.1) is 0 Å². The second-order valence-electron chi connectivity index (χ2n) is 5.87. The van der Waals surface area contributed by atoms with Crippen LogP contribution in [0.2, 0.25) is 0 Å². The third kappa shape index (κ3) is 3.69. The van der Waals surface area contributed by atoms with Crippen molar-refractivity contribution in [1.29, 1.82) is 0 Å². The Balaban J connectivity index is 2.52. The van der Waals surface area contributed by atoms with E-state index >= 15 is 0 Å². The van der Waals surface area contributed by atoms with Gasteiger partial charge in [0, 0.05) is 0 Å². The fourth-order valence-electron chi connectivity index (χ4n) is 2.83. The van der Waals surface area contributed by atoms with Crippen LogP contribution in [0.1, 0.15) is 51.9 Å². The molecule has 1 fully saturated rings. The Labute approximate surface area is 119 Å². The first-order valence-electron chi connectivity index (χ1n) is 7.49. The van der Waals surface area contributed by atoms with Gasteiger partial charge in [-0.15, -0.1) is 0 Å². The van der Waals surface area contributed by atoms with Gasteiger partial charge in [-0.2, -0.15) is 0 Å². The van der Waals surface area contributed by atoms with Crippen LogP contribution >= 0.6 is 0 Å². The summed E-state index contributed by atoms with van der Waals surface area (Å²) in [4.78, 5) is 0. The Hall–Kier alpha value is -0.240. The van der Waals surface area contributed by atoms with Crippen molar-refractivity contribution in [3.63, 3.8) is 0 Å².